The second kappa shape index (κ2) is 6.79. The smallest absolute Gasteiger partial charge is 0.410 e. The van der Waals surface area contributed by atoms with Crippen molar-refractivity contribution in [2.75, 3.05) is 19.4 Å². The van der Waals surface area contributed by atoms with Crippen LogP contribution in [0.3, 0.4) is 0 Å². The SMILES string of the molecule is CC1CCN(C(=O)OC(C)(C)C)C1/C=C/COS(C)(=O)=O. The lowest BCUT2D eigenvalue weighted by molar-refractivity contribution is 0.0244. The van der Waals surface area contributed by atoms with Gasteiger partial charge < -0.3 is 9.64 Å². The molecule has 122 valence electrons. The first-order valence-electron chi connectivity index (χ1n) is 7.00. The summed E-state index contributed by atoms with van der Waals surface area (Å²) in [5, 5.41) is 0. The van der Waals surface area contributed by atoms with Crippen LogP contribution in [0.1, 0.15) is 34.1 Å². The molecule has 0 saturated carbocycles. The first-order chi connectivity index (χ1) is 9.49. The molecule has 0 aromatic carbocycles. The van der Waals surface area contributed by atoms with Crippen molar-refractivity contribution in [1.29, 1.82) is 0 Å². The molecule has 0 bridgehead atoms. The Morgan fingerprint density at radius 3 is 2.52 bits per heavy atom. The molecule has 1 saturated heterocycles. The van der Waals surface area contributed by atoms with E-state index >= 15 is 0 Å². The van der Waals surface area contributed by atoms with Gasteiger partial charge in [-0.2, -0.15) is 8.42 Å². The predicted molar refractivity (Wildman–Crippen MR) is 80.4 cm³/mol. The monoisotopic (exact) mass is 319 g/mol. The van der Waals surface area contributed by atoms with Crippen molar-refractivity contribution >= 4 is 16.2 Å². The lowest BCUT2D eigenvalue weighted by atomic mass is 10.0. The van der Waals surface area contributed by atoms with Crippen LogP contribution in [0, 0.1) is 5.92 Å². The second-order valence-electron chi connectivity index (χ2n) is 6.35. The number of nitrogens with zero attached hydrogens (tertiary/aromatic N) is 1. The van der Waals surface area contributed by atoms with Crippen LogP contribution < -0.4 is 0 Å². The highest BCUT2D eigenvalue weighted by molar-refractivity contribution is 7.85. The van der Waals surface area contributed by atoms with Crippen LogP contribution in [0.4, 0.5) is 4.79 Å². The predicted octanol–water partition coefficient (Wildman–Crippen LogP) is 2.16. The van der Waals surface area contributed by atoms with Crippen LogP contribution in [-0.4, -0.2) is 50.5 Å². The minimum absolute atomic E-state index is 0.0236. The van der Waals surface area contributed by atoms with E-state index < -0.39 is 15.7 Å². The third-order valence-electron chi connectivity index (χ3n) is 3.11. The van der Waals surface area contributed by atoms with E-state index in [1.54, 1.807) is 11.0 Å². The largest absolute Gasteiger partial charge is 0.444 e. The quantitative estimate of drug-likeness (QED) is 0.586. The Morgan fingerprint density at radius 2 is 2.00 bits per heavy atom. The lowest BCUT2D eigenvalue weighted by Crippen LogP contribution is -2.40. The van der Waals surface area contributed by atoms with Crippen molar-refractivity contribution in [3.63, 3.8) is 0 Å². The Bertz CT molecular complexity index is 492. The molecular weight excluding hydrogens is 294 g/mol. The Balaban J connectivity index is 2.65. The Labute approximate surface area is 127 Å². The molecule has 0 aromatic rings. The highest BCUT2D eigenvalue weighted by Gasteiger charge is 2.35. The van der Waals surface area contributed by atoms with Gasteiger partial charge in [-0.15, -0.1) is 0 Å². The molecule has 0 radical (unpaired) electrons. The molecule has 2 atom stereocenters. The number of rotatable bonds is 4. The van der Waals surface area contributed by atoms with E-state index in [1.807, 2.05) is 26.8 Å². The molecule has 1 fully saturated rings. The second-order valence-corrected chi connectivity index (χ2v) is 7.99. The van der Waals surface area contributed by atoms with Crippen LogP contribution in [0.2, 0.25) is 0 Å². The number of hydrogen-bond acceptors (Lipinski definition) is 5. The molecule has 0 aliphatic carbocycles. The number of hydrogen-bond donors (Lipinski definition) is 0. The topological polar surface area (TPSA) is 72.9 Å². The van der Waals surface area contributed by atoms with E-state index in [4.69, 9.17) is 4.74 Å². The molecule has 1 amide bonds. The van der Waals surface area contributed by atoms with E-state index in [9.17, 15) is 13.2 Å². The van der Waals surface area contributed by atoms with Crippen molar-refractivity contribution in [3.05, 3.63) is 12.2 Å². The Kier molecular flexibility index (Phi) is 5.81. The third-order valence-corrected chi connectivity index (χ3v) is 3.67. The van der Waals surface area contributed by atoms with Crippen molar-refractivity contribution in [2.45, 2.75) is 45.8 Å². The van der Waals surface area contributed by atoms with Gasteiger partial charge in [0, 0.05) is 6.54 Å². The standard InChI is InChI=1S/C14H25NO5S/c1-11-8-9-15(13(16)20-14(2,3)4)12(11)7-6-10-19-21(5,17)18/h6-7,11-12H,8-10H2,1-5H3/b7-6+. The van der Waals surface area contributed by atoms with Gasteiger partial charge in [0.05, 0.1) is 18.9 Å². The number of ether oxygens (including phenoxy) is 1. The maximum atomic E-state index is 12.2. The maximum absolute atomic E-state index is 12.2. The van der Waals surface area contributed by atoms with Gasteiger partial charge in [-0.3, -0.25) is 4.18 Å². The molecule has 1 aliphatic heterocycles. The fourth-order valence-corrected chi connectivity index (χ4v) is 2.48. The zero-order valence-corrected chi connectivity index (χ0v) is 14.1. The number of likely N-dealkylation sites (tertiary alicyclic amines) is 1. The highest BCUT2D eigenvalue weighted by Crippen LogP contribution is 2.26. The minimum Gasteiger partial charge on any atom is -0.444 e. The fraction of sp³-hybridized carbons (Fsp3) is 0.786. The molecule has 21 heavy (non-hydrogen) atoms. The van der Waals surface area contributed by atoms with E-state index in [0.717, 1.165) is 12.7 Å². The number of amides is 1. The van der Waals surface area contributed by atoms with Gasteiger partial charge in [-0.1, -0.05) is 19.1 Å². The van der Waals surface area contributed by atoms with Gasteiger partial charge in [-0.05, 0) is 33.1 Å². The molecule has 0 spiro atoms. The van der Waals surface area contributed by atoms with Crippen LogP contribution in [0.5, 0.6) is 0 Å². The number of carbonyl (C=O) groups excluding carboxylic acids is 1. The van der Waals surface area contributed by atoms with Crippen molar-refractivity contribution < 1.29 is 22.1 Å². The van der Waals surface area contributed by atoms with Crippen molar-refractivity contribution in [3.8, 4) is 0 Å². The van der Waals surface area contributed by atoms with Gasteiger partial charge >= 0.3 is 6.09 Å². The molecule has 1 heterocycles. The Morgan fingerprint density at radius 1 is 1.38 bits per heavy atom. The first-order valence-corrected chi connectivity index (χ1v) is 8.82. The summed E-state index contributed by atoms with van der Waals surface area (Å²) in [5.74, 6) is 0.298. The molecule has 0 aromatic heterocycles. The Hall–Kier alpha value is -1.08. The van der Waals surface area contributed by atoms with Crippen molar-refractivity contribution in [1.82, 2.24) is 4.90 Å². The maximum Gasteiger partial charge on any atom is 0.410 e. The van der Waals surface area contributed by atoms with Gasteiger partial charge in [0.2, 0.25) is 0 Å². The summed E-state index contributed by atoms with van der Waals surface area (Å²) in [5.41, 5.74) is -0.531. The number of carbonyl (C=O) groups is 1. The van der Waals surface area contributed by atoms with Crippen LogP contribution >= 0.6 is 0 Å². The van der Waals surface area contributed by atoms with Gasteiger partial charge in [0.1, 0.15) is 5.60 Å². The molecule has 6 nitrogen and oxygen atoms in total. The summed E-state index contributed by atoms with van der Waals surface area (Å²) in [4.78, 5) is 13.8. The fourth-order valence-electron chi connectivity index (χ4n) is 2.15. The molecule has 1 aliphatic rings. The van der Waals surface area contributed by atoms with Gasteiger partial charge in [-0.25, -0.2) is 4.79 Å². The summed E-state index contributed by atoms with van der Waals surface area (Å²) < 4.78 is 31.8. The summed E-state index contributed by atoms with van der Waals surface area (Å²) in [7, 11) is -3.44. The first kappa shape index (κ1) is 18.0. The summed E-state index contributed by atoms with van der Waals surface area (Å²) in [6.45, 7) is 8.15. The zero-order valence-electron chi connectivity index (χ0n) is 13.3. The van der Waals surface area contributed by atoms with Gasteiger partial charge in [0.25, 0.3) is 10.1 Å². The average Bonchev–Trinajstić information content (AvgIpc) is 2.63. The summed E-state index contributed by atoms with van der Waals surface area (Å²) in [6, 6.07) is -0.0944. The molecule has 2 unspecified atom stereocenters. The van der Waals surface area contributed by atoms with E-state index in [2.05, 4.69) is 11.1 Å². The van der Waals surface area contributed by atoms with Crippen molar-refractivity contribution in [2.24, 2.45) is 5.92 Å². The normalized spacial score (nSPS) is 23.8. The molecular formula is C14H25NO5S. The third kappa shape index (κ3) is 6.48. The van der Waals surface area contributed by atoms with E-state index in [1.165, 1.54) is 0 Å². The molecule has 1 rings (SSSR count). The summed E-state index contributed by atoms with van der Waals surface area (Å²) in [6.07, 6.45) is 5.00. The van der Waals surface area contributed by atoms with Crippen LogP contribution in [0.25, 0.3) is 0 Å². The average molecular weight is 319 g/mol. The van der Waals surface area contributed by atoms with Crippen LogP contribution in [0.15, 0.2) is 12.2 Å². The van der Waals surface area contributed by atoms with E-state index in [0.29, 0.717) is 12.5 Å². The molecule has 7 heteroatoms. The van der Waals surface area contributed by atoms with Crippen LogP contribution in [-0.2, 0) is 19.0 Å². The van der Waals surface area contributed by atoms with E-state index in [-0.39, 0.29) is 18.7 Å². The zero-order chi connectivity index (χ0) is 16.3. The minimum atomic E-state index is -3.44. The highest BCUT2D eigenvalue weighted by atomic mass is 32.2. The lowest BCUT2D eigenvalue weighted by Gasteiger charge is -2.28. The summed E-state index contributed by atoms with van der Waals surface area (Å²) >= 11 is 0. The van der Waals surface area contributed by atoms with Gasteiger partial charge in [0.15, 0.2) is 0 Å². The molecule has 0 N–H and O–H groups in total.